The molecule has 1 heterocycles. The fraction of sp³-hybridized carbons (Fsp3) is 0.0909. The number of nitrogens with one attached hydrogen (secondary N) is 1. The molecule has 3 N–H and O–H groups in total. The summed E-state index contributed by atoms with van der Waals surface area (Å²) in [6, 6.07) is 1.57. The van der Waals surface area contributed by atoms with Crippen molar-refractivity contribution in [3.05, 3.63) is 29.5 Å². The zero-order chi connectivity index (χ0) is 14.2. The van der Waals surface area contributed by atoms with Gasteiger partial charge in [0.1, 0.15) is 17.3 Å². The van der Waals surface area contributed by atoms with Crippen LogP contribution in [0.5, 0.6) is 0 Å². The summed E-state index contributed by atoms with van der Waals surface area (Å²) in [5, 5.41) is 17.5. The predicted octanol–water partition coefficient (Wildman–Crippen LogP) is 2.32. The van der Waals surface area contributed by atoms with Crippen LogP contribution in [-0.2, 0) is 4.79 Å². The Morgan fingerprint density at radius 1 is 1.26 bits per heavy atom. The van der Waals surface area contributed by atoms with Crippen molar-refractivity contribution >= 4 is 34.6 Å². The number of fused-ring (bicyclic) bond motifs is 1. The van der Waals surface area contributed by atoms with Crippen LogP contribution in [-0.4, -0.2) is 32.9 Å². The lowest BCUT2D eigenvalue weighted by atomic mass is 10.2. The van der Waals surface area contributed by atoms with E-state index in [2.05, 4.69) is 4.98 Å². The van der Waals surface area contributed by atoms with E-state index in [9.17, 15) is 18.4 Å². The number of H-pyrrole nitrogens is 1. The fourth-order valence-electron chi connectivity index (χ4n) is 1.65. The van der Waals surface area contributed by atoms with Crippen LogP contribution in [0, 0.1) is 11.6 Å². The number of hydrogen-bond acceptors (Lipinski definition) is 3. The molecule has 1 aromatic heterocycles. The molecule has 0 atom stereocenters. The predicted molar refractivity (Wildman–Crippen MR) is 63.5 cm³/mol. The number of thioether (sulfide) groups is 1. The first-order chi connectivity index (χ1) is 8.90. The number of carboxylic acid groups (broad SMARTS) is 2. The summed E-state index contributed by atoms with van der Waals surface area (Å²) < 4.78 is 26.7. The fourth-order valence-corrected chi connectivity index (χ4v) is 2.55. The van der Waals surface area contributed by atoms with Gasteiger partial charge in [-0.1, -0.05) is 0 Å². The van der Waals surface area contributed by atoms with Crippen molar-refractivity contribution in [2.45, 2.75) is 4.90 Å². The van der Waals surface area contributed by atoms with Gasteiger partial charge in [0, 0.05) is 11.5 Å². The number of carboxylic acids is 2. The maximum atomic E-state index is 13.7. The topological polar surface area (TPSA) is 90.4 Å². The molecule has 0 amide bonds. The zero-order valence-electron chi connectivity index (χ0n) is 9.24. The molecule has 0 aliphatic carbocycles. The molecule has 5 nitrogen and oxygen atoms in total. The second-order valence-corrected chi connectivity index (χ2v) is 4.61. The van der Waals surface area contributed by atoms with Gasteiger partial charge < -0.3 is 15.2 Å². The number of aromatic nitrogens is 1. The Morgan fingerprint density at radius 2 is 1.95 bits per heavy atom. The average Bonchev–Trinajstić information content (AvgIpc) is 2.64. The summed E-state index contributed by atoms with van der Waals surface area (Å²) in [6.07, 6.45) is 0. The van der Waals surface area contributed by atoms with Gasteiger partial charge in [-0.3, -0.25) is 4.79 Å². The Bertz CT molecular complexity index is 683. The largest absolute Gasteiger partial charge is 0.481 e. The normalized spacial score (nSPS) is 10.8. The molecule has 19 heavy (non-hydrogen) atoms. The van der Waals surface area contributed by atoms with Gasteiger partial charge >= 0.3 is 11.9 Å². The van der Waals surface area contributed by atoms with E-state index in [1.54, 1.807) is 0 Å². The minimum absolute atomic E-state index is 0.0252. The van der Waals surface area contributed by atoms with Crippen molar-refractivity contribution in [2.24, 2.45) is 0 Å². The number of halogens is 2. The highest BCUT2D eigenvalue weighted by molar-refractivity contribution is 8.00. The number of rotatable bonds is 4. The first-order valence-corrected chi connectivity index (χ1v) is 5.97. The molecule has 0 spiro atoms. The molecule has 0 fully saturated rings. The molecule has 2 rings (SSSR count). The monoisotopic (exact) mass is 287 g/mol. The standard InChI is InChI=1S/C11H7F2NO4S/c12-4-1-5(13)8-6(2-4)14-9(11(17)18)10(8)19-3-7(15)16/h1-2,14H,3H2,(H,15,16)(H,17,18). The van der Waals surface area contributed by atoms with E-state index >= 15 is 0 Å². The maximum absolute atomic E-state index is 13.7. The van der Waals surface area contributed by atoms with Crippen LogP contribution >= 0.6 is 11.8 Å². The molecule has 0 aliphatic rings. The van der Waals surface area contributed by atoms with Crippen LogP contribution in [0.25, 0.3) is 10.9 Å². The third-order valence-electron chi connectivity index (χ3n) is 2.32. The van der Waals surface area contributed by atoms with Gasteiger partial charge in [0.2, 0.25) is 0 Å². The molecule has 0 aliphatic heterocycles. The van der Waals surface area contributed by atoms with Crippen LogP contribution in [0.2, 0.25) is 0 Å². The van der Waals surface area contributed by atoms with Crippen LogP contribution < -0.4 is 0 Å². The third kappa shape index (κ3) is 2.53. The lowest BCUT2D eigenvalue weighted by Gasteiger charge is -2.00. The van der Waals surface area contributed by atoms with Crippen molar-refractivity contribution in [1.82, 2.24) is 4.98 Å². The average molecular weight is 287 g/mol. The van der Waals surface area contributed by atoms with E-state index < -0.39 is 29.3 Å². The molecular weight excluding hydrogens is 280 g/mol. The summed E-state index contributed by atoms with van der Waals surface area (Å²) in [4.78, 5) is 23.9. The van der Waals surface area contributed by atoms with Gasteiger partial charge in [-0.05, 0) is 6.07 Å². The van der Waals surface area contributed by atoms with Crippen molar-refractivity contribution in [1.29, 1.82) is 0 Å². The summed E-state index contributed by atoms with van der Waals surface area (Å²) in [5.74, 6) is -4.75. The van der Waals surface area contributed by atoms with Crippen LogP contribution in [0.1, 0.15) is 10.5 Å². The van der Waals surface area contributed by atoms with Crippen LogP contribution in [0.4, 0.5) is 8.78 Å². The summed E-state index contributed by atoms with van der Waals surface area (Å²) >= 11 is 0.666. The van der Waals surface area contributed by atoms with Gasteiger partial charge in [-0.15, -0.1) is 11.8 Å². The Kier molecular flexibility index (Phi) is 3.43. The van der Waals surface area contributed by atoms with E-state index in [1.165, 1.54) is 0 Å². The third-order valence-corrected chi connectivity index (χ3v) is 3.41. The van der Waals surface area contributed by atoms with Crippen molar-refractivity contribution in [3.63, 3.8) is 0 Å². The quantitative estimate of drug-likeness (QED) is 0.751. The number of hydrogen-bond donors (Lipinski definition) is 3. The number of carbonyl (C=O) groups is 2. The van der Waals surface area contributed by atoms with E-state index in [-0.39, 0.29) is 21.5 Å². The first kappa shape index (κ1) is 13.3. The molecule has 0 unspecified atom stereocenters. The molecule has 2 aromatic rings. The van der Waals surface area contributed by atoms with Crippen LogP contribution in [0.3, 0.4) is 0 Å². The van der Waals surface area contributed by atoms with Crippen molar-refractivity contribution in [3.8, 4) is 0 Å². The van der Waals surface area contributed by atoms with E-state index in [0.29, 0.717) is 17.8 Å². The first-order valence-electron chi connectivity index (χ1n) is 4.98. The van der Waals surface area contributed by atoms with Crippen LogP contribution in [0.15, 0.2) is 17.0 Å². The smallest absolute Gasteiger partial charge is 0.353 e. The Hall–Kier alpha value is -2.09. The lowest BCUT2D eigenvalue weighted by Crippen LogP contribution is -2.01. The molecule has 100 valence electrons. The summed E-state index contributed by atoms with van der Waals surface area (Å²) in [7, 11) is 0. The van der Waals surface area contributed by atoms with Gasteiger partial charge in [0.05, 0.1) is 16.2 Å². The Morgan fingerprint density at radius 3 is 2.53 bits per heavy atom. The maximum Gasteiger partial charge on any atom is 0.353 e. The zero-order valence-corrected chi connectivity index (χ0v) is 10.1. The van der Waals surface area contributed by atoms with E-state index in [0.717, 1.165) is 6.07 Å². The molecule has 1 aromatic carbocycles. The minimum Gasteiger partial charge on any atom is -0.481 e. The number of benzene rings is 1. The molecular formula is C11H7F2NO4S. The highest BCUT2D eigenvalue weighted by atomic mass is 32.2. The minimum atomic E-state index is -1.37. The number of aliphatic carboxylic acids is 1. The van der Waals surface area contributed by atoms with Gasteiger partial charge in [-0.2, -0.15) is 0 Å². The second kappa shape index (κ2) is 4.88. The van der Waals surface area contributed by atoms with Gasteiger partial charge in [0.15, 0.2) is 0 Å². The lowest BCUT2D eigenvalue weighted by molar-refractivity contribution is -0.133. The molecule has 0 bridgehead atoms. The van der Waals surface area contributed by atoms with Gasteiger partial charge in [-0.25, -0.2) is 13.6 Å². The van der Waals surface area contributed by atoms with Gasteiger partial charge in [0.25, 0.3) is 0 Å². The van der Waals surface area contributed by atoms with Crippen molar-refractivity contribution < 1.29 is 28.6 Å². The molecule has 0 radical (unpaired) electrons. The van der Waals surface area contributed by atoms with Crippen molar-refractivity contribution in [2.75, 3.05) is 5.75 Å². The SMILES string of the molecule is O=C(O)CSc1c(C(=O)O)[nH]c2cc(F)cc(F)c12. The molecule has 0 saturated carbocycles. The molecule has 8 heteroatoms. The molecule has 0 saturated heterocycles. The van der Waals surface area contributed by atoms with E-state index in [4.69, 9.17) is 10.2 Å². The summed E-state index contributed by atoms with van der Waals surface area (Å²) in [6.45, 7) is 0. The number of aromatic carboxylic acids is 1. The van der Waals surface area contributed by atoms with E-state index in [1.807, 2.05) is 0 Å². The summed E-state index contributed by atoms with van der Waals surface area (Å²) in [5.41, 5.74) is -0.381. The number of aromatic amines is 1. The highest BCUT2D eigenvalue weighted by Gasteiger charge is 2.21. The highest BCUT2D eigenvalue weighted by Crippen LogP contribution is 2.34. The Labute approximate surface area is 109 Å². The Balaban J connectivity index is 2.65. The second-order valence-electron chi connectivity index (χ2n) is 3.63.